The summed E-state index contributed by atoms with van der Waals surface area (Å²) in [5.74, 6) is -11.7. The molecule has 0 aliphatic carbocycles. The Kier molecular flexibility index (Phi) is 28.7. The summed E-state index contributed by atoms with van der Waals surface area (Å²) in [5.41, 5.74) is 23.9. The lowest BCUT2D eigenvalue weighted by atomic mass is 9.99. The highest BCUT2D eigenvalue weighted by Crippen LogP contribution is 2.16. The van der Waals surface area contributed by atoms with Gasteiger partial charge in [-0.2, -0.15) is 0 Å². The first kappa shape index (κ1) is 69.6. The second-order valence-corrected chi connectivity index (χ2v) is 21.2. The van der Waals surface area contributed by atoms with Gasteiger partial charge in [0.1, 0.15) is 59.8 Å². The summed E-state index contributed by atoms with van der Waals surface area (Å²) in [6.45, 7) is 8.15. The summed E-state index contributed by atoms with van der Waals surface area (Å²) < 4.78 is 0. The van der Waals surface area contributed by atoms with Crippen LogP contribution in [-0.2, 0) is 72.0 Å². The number of aromatic nitrogens is 2. The van der Waals surface area contributed by atoms with Gasteiger partial charge in [-0.1, -0.05) is 52.0 Å². The molecule has 3 aromatic rings. The van der Waals surface area contributed by atoms with Crippen LogP contribution >= 0.6 is 0 Å². The molecule has 29 heteroatoms. The molecule has 0 fully saturated rings. The van der Waals surface area contributed by atoms with Gasteiger partial charge in [-0.05, 0) is 106 Å². The number of carboxylic acids is 1. The molecule has 0 aliphatic heterocycles. The van der Waals surface area contributed by atoms with Crippen molar-refractivity contribution in [3.8, 4) is 11.5 Å². The lowest BCUT2D eigenvalue weighted by Gasteiger charge is -2.30. The number of H-pyrrole nitrogens is 1. The van der Waals surface area contributed by atoms with Crippen LogP contribution in [0.4, 0.5) is 0 Å². The zero-order chi connectivity index (χ0) is 62.8. The highest BCUT2D eigenvalue weighted by Gasteiger charge is 2.37. The van der Waals surface area contributed by atoms with Crippen molar-refractivity contribution in [3.63, 3.8) is 0 Å². The summed E-state index contributed by atoms with van der Waals surface area (Å²) in [6.07, 6.45) is -0.401. The maximum atomic E-state index is 14.4. The normalized spacial score (nSPS) is 14.8. The third-order valence-electron chi connectivity index (χ3n) is 13.2. The number of imidazole rings is 1. The summed E-state index contributed by atoms with van der Waals surface area (Å²) in [7, 11) is 0. The number of hydrogen-bond acceptors (Lipinski definition) is 17. The summed E-state index contributed by atoms with van der Waals surface area (Å²) in [4.78, 5) is 154. The molecule has 0 saturated heterocycles. The molecule has 3 rings (SSSR count). The molecule has 1 aromatic heterocycles. The van der Waals surface area contributed by atoms with E-state index >= 15 is 0 Å². The predicted octanol–water partition coefficient (Wildman–Crippen LogP) is -3.12. The van der Waals surface area contributed by atoms with E-state index in [9.17, 15) is 73.2 Å². The SMILES string of the molecule is CC(C)C[C@H](NC(=O)[C@@H](N)Cc1ccc(O)cc1)C(=O)N[C@@H](CCCCN)C(=O)N[C@H](C(=O)N[C@H](C(=O)N[C@@H](Cc1ccc(O)cc1)C(=O)N[C@@H](CCC(N)=O)C(=O)N[C@@H](Cc1cnc[nH]1)C(=O)N[C@@H](CCC(N)=O)C(=O)O)C(C)C)[C@@H](C)O. The monoisotopic (exact) mass is 1180 g/mol. The Bertz CT molecular complexity index is 2690. The average molecular weight is 1180 g/mol. The fraction of sp³-hybridized carbons (Fsp3) is 0.527. The molecule has 0 aliphatic rings. The molecule has 21 N–H and O–H groups in total. The second kappa shape index (κ2) is 34.7. The van der Waals surface area contributed by atoms with Crippen LogP contribution in [0, 0.1) is 11.8 Å². The van der Waals surface area contributed by atoms with Crippen LogP contribution in [0.2, 0.25) is 0 Å². The lowest BCUT2D eigenvalue weighted by Crippen LogP contribution is -2.63. The predicted molar refractivity (Wildman–Crippen MR) is 303 cm³/mol. The number of carboxylic acid groups (broad SMARTS) is 1. The molecule has 10 atom stereocenters. The number of hydrogen-bond donors (Lipinski definition) is 17. The van der Waals surface area contributed by atoms with E-state index in [2.05, 4.69) is 52.5 Å². The third kappa shape index (κ3) is 24.4. The van der Waals surface area contributed by atoms with Crippen LogP contribution in [0.25, 0.3) is 0 Å². The summed E-state index contributed by atoms with van der Waals surface area (Å²) >= 11 is 0. The zero-order valence-electron chi connectivity index (χ0n) is 47.7. The van der Waals surface area contributed by atoms with Crippen molar-refractivity contribution >= 4 is 65.0 Å². The number of benzene rings is 2. The van der Waals surface area contributed by atoms with Crippen molar-refractivity contribution in [1.29, 1.82) is 0 Å². The van der Waals surface area contributed by atoms with Gasteiger partial charge >= 0.3 is 5.97 Å². The third-order valence-corrected chi connectivity index (χ3v) is 13.2. The molecule has 2 aromatic carbocycles. The highest BCUT2D eigenvalue weighted by atomic mass is 16.4. The fourth-order valence-corrected chi connectivity index (χ4v) is 8.51. The summed E-state index contributed by atoms with van der Waals surface area (Å²) in [5, 5.41) is 60.5. The number of unbranched alkanes of at least 4 members (excludes halogenated alkanes) is 1. The van der Waals surface area contributed by atoms with E-state index in [4.69, 9.17) is 22.9 Å². The van der Waals surface area contributed by atoms with Crippen molar-refractivity contribution in [2.45, 2.75) is 166 Å². The van der Waals surface area contributed by atoms with E-state index in [1.807, 2.05) is 13.8 Å². The number of aromatic hydroxyl groups is 2. The molecule has 0 saturated carbocycles. The van der Waals surface area contributed by atoms with Gasteiger partial charge in [0.05, 0.1) is 18.5 Å². The van der Waals surface area contributed by atoms with Crippen LogP contribution in [0.3, 0.4) is 0 Å². The van der Waals surface area contributed by atoms with E-state index in [0.29, 0.717) is 29.7 Å². The van der Waals surface area contributed by atoms with Crippen LogP contribution in [-0.4, -0.2) is 162 Å². The number of amides is 10. The van der Waals surface area contributed by atoms with Crippen molar-refractivity contribution in [2.75, 3.05) is 6.54 Å². The Hall–Kier alpha value is -8.70. The quantitative estimate of drug-likeness (QED) is 0.0254. The smallest absolute Gasteiger partial charge is 0.326 e. The van der Waals surface area contributed by atoms with Gasteiger partial charge < -0.3 is 90.9 Å². The molecule has 0 radical (unpaired) electrons. The topological polar surface area (TPSA) is 498 Å². The first-order chi connectivity index (χ1) is 39.6. The minimum atomic E-state index is -1.76. The van der Waals surface area contributed by atoms with Crippen molar-refractivity contribution in [2.24, 2.45) is 34.8 Å². The van der Waals surface area contributed by atoms with Crippen molar-refractivity contribution in [1.82, 2.24) is 52.5 Å². The molecule has 1 heterocycles. The highest BCUT2D eigenvalue weighted by molar-refractivity contribution is 5.98. The number of aliphatic hydroxyl groups excluding tert-OH is 1. The molecule has 0 unspecified atom stereocenters. The van der Waals surface area contributed by atoms with Gasteiger partial charge in [-0.25, -0.2) is 9.78 Å². The Morgan fingerprint density at radius 3 is 1.44 bits per heavy atom. The fourth-order valence-electron chi connectivity index (χ4n) is 8.51. The van der Waals surface area contributed by atoms with Crippen molar-refractivity contribution in [3.05, 3.63) is 77.9 Å². The Balaban J connectivity index is 1.91. The van der Waals surface area contributed by atoms with Gasteiger partial charge in [0, 0.05) is 37.6 Å². The van der Waals surface area contributed by atoms with E-state index in [1.54, 1.807) is 26.0 Å². The largest absolute Gasteiger partial charge is 0.508 e. The van der Waals surface area contributed by atoms with Crippen LogP contribution < -0.4 is 65.5 Å². The number of carbonyl (C=O) groups is 11. The molecule has 84 heavy (non-hydrogen) atoms. The van der Waals surface area contributed by atoms with Gasteiger partial charge in [-0.3, -0.25) is 47.9 Å². The van der Waals surface area contributed by atoms with Gasteiger partial charge in [0.15, 0.2) is 0 Å². The molecule has 29 nitrogen and oxygen atoms in total. The molecular formula is C55H82N14O15. The van der Waals surface area contributed by atoms with Gasteiger partial charge in [0.2, 0.25) is 59.1 Å². The number of phenolic OH excluding ortho intramolecular Hbond substituents is 2. The number of aliphatic hydroxyl groups is 1. The summed E-state index contributed by atoms with van der Waals surface area (Å²) in [6, 6.07) is -1.73. The second-order valence-electron chi connectivity index (χ2n) is 21.2. The Labute approximate surface area is 485 Å². The first-order valence-electron chi connectivity index (χ1n) is 27.5. The van der Waals surface area contributed by atoms with E-state index in [-0.39, 0.29) is 56.1 Å². The lowest BCUT2D eigenvalue weighted by molar-refractivity contribution is -0.142. The minimum absolute atomic E-state index is 0.00613. The van der Waals surface area contributed by atoms with E-state index < -0.39 is 157 Å². The zero-order valence-corrected chi connectivity index (χ0v) is 47.7. The van der Waals surface area contributed by atoms with Crippen LogP contribution in [0.5, 0.6) is 11.5 Å². The number of rotatable bonds is 37. The number of phenols is 2. The standard InChI is InChI=1S/C55H82N14O15/c1-28(2)22-40(65-47(75)36(57)23-31-9-13-34(71)14-10-31)50(78)62-37(8-6-7-21-56)49(77)69-46(30(5)70)54(82)68-45(29(3)4)53(81)67-41(24-32-11-15-35(72)16-12-32)51(79)63-38(17-19-43(58)73)48(76)66-42(25-33-26-60-27-61-33)52(80)64-39(55(83)84)18-20-44(59)74/h9-16,26-30,36-42,45-46,70-72H,6-8,17-25,56-57H2,1-5H3,(H2,58,73)(H2,59,74)(H,60,61)(H,62,78)(H,63,79)(H,64,80)(H,65,75)(H,66,76)(H,67,81)(H,68,82)(H,69,77)(H,83,84)/t30-,36+,37+,38+,39+,40+,41+,42+,45+,46+/m1/s1. The maximum Gasteiger partial charge on any atom is 0.326 e. The number of primary amides is 2. The number of carbonyl (C=O) groups excluding carboxylic acids is 10. The minimum Gasteiger partial charge on any atom is -0.508 e. The van der Waals surface area contributed by atoms with Crippen LogP contribution in [0.1, 0.15) is 103 Å². The maximum absolute atomic E-state index is 14.4. The van der Waals surface area contributed by atoms with E-state index in [1.165, 1.54) is 55.8 Å². The number of aliphatic carboxylic acids is 1. The molecule has 10 amide bonds. The molecule has 462 valence electrons. The van der Waals surface area contributed by atoms with Crippen molar-refractivity contribution < 1.29 is 73.2 Å². The van der Waals surface area contributed by atoms with Crippen LogP contribution in [0.15, 0.2) is 61.1 Å². The molecular weight excluding hydrogens is 1100 g/mol. The van der Waals surface area contributed by atoms with Gasteiger partial charge in [0.25, 0.3) is 0 Å². The molecule has 0 spiro atoms. The number of nitrogens with zero attached hydrogens (tertiary/aromatic N) is 1. The average Bonchev–Trinajstić information content (AvgIpc) is 3.92. The first-order valence-corrected chi connectivity index (χ1v) is 27.5. The number of nitrogens with two attached hydrogens (primary N) is 4. The van der Waals surface area contributed by atoms with Gasteiger partial charge in [-0.15, -0.1) is 0 Å². The Morgan fingerprint density at radius 2 is 0.952 bits per heavy atom. The number of aromatic amines is 1. The van der Waals surface area contributed by atoms with E-state index in [0.717, 1.165) is 0 Å². The molecule has 0 bridgehead atoms. The number of nitrogens with one attached hydrogen (secondary N) is 9. The Morgan fingerprint density at radius 1 is 0.524 bits per heavy atom.